The molecule has 1 atom stereocenters. The molecule has 0 saturated carbocycles. The minimum absolute atomic E-state index is 0.0133. The van der Waals surface area contributed by atoms with E-state index in [1.54, 1.807) is 19.9 Å². The van der Waals surface area contributed by atoms with Crippen LogP contribution in [0.1, 0.15) is 34.6 Å². The third kappa shape index (κ3) is 3.17. The maximum atomic E-state index is 11.7. The molecule has 4 heteroatoms. The van der Waals surface area contributed by atoms with E-state index >= 15 is 0 Å². The lowest BCUT2D eigenvalue weighted by Crippen LogP contribution is -2.26. The highest BCUT2D eigenvalue weighted by molar-refractivity contribution is 6.01. The second-order valence-corrected chi connectivity index (χ2v) is 3.73. The Balaban J connectivity index is 2.97. The molecular formula is C13H13O4-. The van der Waals surface area contributed by atoms with Crippen LogP contribution < -0.4 is 5.11 Å². The van der Waals surface area contributed by atoms with E-state index in [2.05, 4.69) is 6.58 Å². The number of hydrogen-bond donors (Lipinski definition) is 0. The number of ether oxygens (including phenoxy) is 1. The van der Waals surface area contributed by atoms with Crippen LogP contribution >= 0.6 is 0 Å². The van der Waals surface area contributed by atoms with E-state index in [4.69, 9.17) is 4.74 Å². The van der Waals surface area contributed by atoms with Crippen molar-refractivity contribution < 1.29 is 19.4 Å². The SMILES string of the molecule is C=C(C)C(C)OC(=O)c1ccccc1C(=O)[O-]. The molecule has 0 aliphatic carbocycles. The van der Waals surface area contributed by atoms with E-state index in [-0.39, 0.29) is 11.1 Å². The monoisotopic (exact) mass is 233 g/mol. The number of rotatable bonds is 4. The summed E-state index contributed by atoms with van der Waals surface area (Å²) >= 11 is 0. The van der Waals surface area contributed by atoms with Gasteiger partial charge in [0.2, 0.25) is 0 Å². The smallest absolute Gasteiger partial charge is 0.339 e. The molecule has 0 radical (unpaired) electrons. The largest absolute Gasteiger partial charge is 0.545 e. The van der Waals surface area contributed by atoms with E-state index in [0.29, 0.717) is 5.57 Å². The van der Waals surface area contributed by atoms with Crippen molar-refractivity contribution in [1.82, 2.24) is 0 Å². The molecule has 0 bridgehead atoms. The zero-order valence-electron chi connectivity index (χ0n) is 9.73. The molecule has 0 heterocycles. The van der Waals surface area contributed by atoms with Crippen LogP contribution in [0.5, 0.6) is 0 Å². The molecule has 1 aromatic carbocycles. The van der Waals surface area contributed by atoms with E-state index in [0.717, 1.165) is 0 Å². The first-order valence-electron chi connectivity index (χ1n) is 5.10. The molecule has 1 rings (SSSR count). The Morgan fingerprint density at radius 2 is 1.82 bits per heavy atom. The predicted octanol–water partition coefficient (Wildman–Crippen LogP) is 1.17. The molecule has 0 aliphatic heterocycles. The summed E-state index contributed by atoms with van der Waals surface area (Å²) in [6, 6.07) is 5.77. The minimum atomic E-state index is -1.40. The fraction of sp³-hybridized carbons (Fsp3) is 0.231. The van der Waals surface area contributed by atoms with Crippen LogP contribution in [-0.2, 0) is 4.74 Å². The lowest BCUT2D eigenvalue weighted by atomic mass is 10.1. The normalized spacial score (nSPS) is 11.6. The van der Waals surface area contributed by atoms with Crippen molar-refractivity contribution in [2.24, 2.45) is 0 Å². The van der Waals surface area contributed by atoms with Crippen LogP contribution in [0.4, 0.5) is 0 Å². The van der Waals surface area contributed by atoms with E-state index in [9.17, 15) is 14.7 Å². The maximum Gasteiger partial charge on any atom is 0.339 e. The summed E-state index contributed by atoms with van der Waals surface area (Å²) in [5, 5.41) is 10.8. The van der Waals surface area contributed by atoms with E-state index < -0.39 is 18.0 Å². The highest BCUT2D eigenvalue weighted by Crippen LogP contribution is 2.12. The minimum Gasteiger partial charge on any atom is -0.545 e. The van der Waals surface area contributed by atoms with Crippen molar-refractivity contribution in [2.75, 3.05) is 0 Å². The molecule has 0 saturated heterocycles. The third-order valence-corrected chi connectivity index (χ3v) is 2.34. The molecule has 1 unspecified atom stereocenters. The van der Waals surface area contributed by atoms with Crippen molar-refractivity contribution in [3.05, 3.63) is 47.5 Å². The molecule has 0 N–H and O–H groups in total. The molecule has 0 spiro atoms. The standard InChI is InChI=1S/C13H14O4/c1-8(2)9(3)17-13(16)11-7-5-4-6-10(11)12(14)15/h4-7,9H,1H2,2-3H3,(H,14,15)/p-1. The van der Waals surface area contributed by atoms with Crippen molar-refractivity contribution in [3.63, 3.8) is 0 Å². The zero-order valence-corrected chi connectivity index (χ0v) is 9.73. The Morgan fingerprint density at radius 1 is 1.29 bits per heavy atom. The van der Waals surface area contributed by atoms with Gasteiger partial charge in [-0.2, -0.15) is 0 Å². The Morgan fingerprint density at radius 3 is 2.29 bits per heavy atom. The van der Waals surface area contributed by atoms with Gasteiger partial charge in [0.1, 0.15) is 6.10 Å². The number of carbonyl (C=O) groups excluding carboxylic acids is 2. The van der Waals surface area contributed by atoms with Crippen molar-refractivity contribution in [3.8, 4) is 0 Å². The van der Waals surface area contributed by atoms with Gasteiger partial charge in [-0.05, 0) is 25.5 Å². The number of carboxylic acids is 1. The zero-order chi connectivity index (χ0) is 13.0. The Hall–Kier alpha value is -2.10. The lowest BCUT2D eigenvalue weighted by Gasteiger charge is -2.15. The number of carbonyl (C=O) groups is 2. The van der Waals surface area contributed by atoms with Crippen molar-refractivity contribution >= 4 is 11.9 Å². The molecule has 4 nitrogen and oxygen atoms in total. The molecule has 1 aromatic rings. The van der Waals surface area contributed by atoms with Crippen LogP contribution in [0.2, 0.25) is 0 Å². The highest BCUT2D eigenvalue weighted by atomic mass is 16.5. The summed E-state index contributed by atoms with van der Waals surface area (Å²) in [7, 11) is 0. The molecule has 17 heavy (non-hydrogen) atoms. The Kier molecular flexibility index (Phi) is 4.04. The van der Waals surface area contributed by atoms with Crippen molar-refractivity contribution in [2.45, 2.75) is 20.0 Å². The van der Waals surface area contributed by atoms with Crippen LogP contribution in [0.3, 0.4) is 0 Å². The number of esters is 1. The summed E-state index contributed by atoms with van der Waals surface area (Å²) in [6.07, 6.45) is -0.461. The average Bonchev–Trinajstić information content (AvgIpc) is 2.28. The number of carboxylic acid groups (broad SMARTS) is 1. The van der Waals surface area contributed by atoms with Crippen LogP contribution in [0, 0.1) is 0 Å². The Labute approximate surface area is 99.5 Å². The topological polar surface area (TPSA) is 66.4 Å². The number of aromatic carboxylic acids is 1. The molecule has 0 fully saturated rings. The number of benzene rings is 1. The first-order valence-corrected chi connectivity index (χ1v) is 5.10. The second kappa shape index (κ2) is 5.30. The van der Waals surface area contributed by atoms with Gasteiger partial charge in [0.25, 0.3) is 0 Å². The van der Waals surface area contributed by atoms with Gasteiger partial charge in [-0.15, -0.1) is 0 Å². The van der Waals surface area contributed by atoms with Gasteiger partial charge in [-0.1, -0.05) is 24.8 Å². The van der Waals surface area contributed by atoms with Crippen LogP contribution in [-0.4, -0.2) is 18.0 Å². The molecule has 90 valence electrons. The van der Waals surface area contributed by atoms with Gasteiger partial charge in [-0.25, -0.2) is 4.79 Å². The summed E-state index contributed by atoms with van der Waals surface area (Å²) in [5.41, 5.74) is 0.497. The second-order valence-electron chi connectivity index (χ2n) is 3.73. The van der Waals surface area contributed by atoms with Gasteiger partial charge >= 0.3 is 5.97 Å². The van der Waals surface area contributed by atoms with Gasteiger partial charge < -0.3 is 14.6 Å². The molecular weight excluding hydrogens is 220 g/mol. The fourth-order valence-electron chi connectivity index (χ4n) is 1.16. The molecule has 0 aromatic heterocycles. The lowest BCUT2D eigenvalue weighted by molar-refractivity contribution is -0.255. The van der Waals surface area contributed by atoms with Gasteiger partial charge in [0, 0.05) is 5.56 Å². The van der Waals surface area contributed by atoms with Crippen LogP contribution in [0.15, 0.2) is 36.4 Å². The van der Waals surface area contributed by atoms with Gasteiger partial charge in [-0.3, -0.25) is 0 Å². The first kappa shape index (κ1) is 13.0. The summed E-state index contributed by atoms with van der Waals surface area (Å²) < 4.78 is 5.06. The maximum absolute atomic E-state index is 11.7. The predicted molar refractivity (Wildman–Crippen MR) is 60.5 cm³/mol. The molecule has 0 aliphatic rings. The summed E-state index contributed by atoms with van der Waals surface area (Å²) in [4.78, 5) is 22.5. The summed E-state index contributed by atoms with van der Waals surface area (Å²) in [6.45, 7) is 7.05. The van der Waals surface area contributed by atoms with Gasteiger partial charge in [0.15, 0.2) is 0 Å². The first-order chi connectivity index (χ1) is 7.93. The van der Waals surface area contributed by atoms with Gasteiger partial charge in [0.05, 0.1) is 11.5 Å². The Bertz CT molecular complexity index is 462. The van der Waals surface area contributed by atoms with E-state index in [1.165, 1.54) is 18.2 Å². The third-order valence-electron chi connectivity index (χ3n) is 2.34. The summed E-state index contributed by atoms with van der Waals surface area (Å²) in [5.74, 6) is -2.10. The fourth-order valence-corrected chi connectivity index (χ4v) is 1.16. The van der Waals surface area contributed by atoms with Crippen molar-refractivity contribution in [1.29, 1.82) is 0 Å². The van der Waals surface area contributed by atoms with E-state index in [1.807, 2.05) is 0 Å². The quantitative estimate of drug-likeness (QED) is 0.578. The molecule has 0 amide bonds. The average molecular weight is 233 g/mol. The van der Waals surface area contributed by atoms with Crippen LogP contribution in [0.25, 0.3) is 0 Å². The highest BCUT2D eigenvalue weighted by Gasteiger charge is 2.16. The number of hydrogen-bond acceptors (Lipinski definition) is 4.